The van der Waals surface area contributed by atoms with Gasteiger partial charge in [0.15, 0.2) is 6.61 Å². The summed E-state index contributed by atoms with van der Waals surface area (Å²) in [6.45, 7) is 4.06. The smallest absolute Gasteiger partial charge is 0.263 e. The highest BCUT2D eigenvalue weighted by atomic mass is 35.5. The molecule has 0 unspecified atom stereocenters. The summed E-state index contributed by atoms with van der Waals surface area (Å²) >= 11 is 5.79. The first-order valence-electron chi connectivity index (χ1n) is 6.82. The van der Waals surface area contributed by atoms with Gasteiger partial charge < -0.3 is 10.1 Å². The highest BCUT2D eigenvalue weighted by Gasteiger charge is 2.11. The fourth-order valence-corrected chi connectivity index (χ4v) is 1.92. The summed E-state index contributed by atoms with van der Waals surface area (Å²) in [4.78, 5) is 11.9. The largest absolute Gasteiger partial charge is 0.484 e. The van der Waals surface area contributed by atoms with E-state index in [0.717, 1.165) is 6.42 Å². The van der Waals surface area contributed by atoms with Crippen LogP contribution in [0.5, 0.6) is 5.75 Å². The molecule has 0 aliphatic rings. The predicted molar refractivity (Wildman–Crippen MR) is 82.8 cm³/mol. The molecule has 5 nitrogen and oxygen atoms in total. The standard InChI is InChI=1S/C15H18ClN3O2/c1-3-11(2)19-14(8-9-17-19)18-15(20)10-21-13-6-4-12(16)5-7-13/h4-9,11H,3,10H2,1-2H3,(H,18,20)/t11-/m0/s1. The molecule has 1 atom stereocenters. The van der Waals surface area contributed by atoms with Gasteiger partial charge in [-0.2, -0.15) is 5.10 Å². The van der Waals surface area contributed by atoms with E-state index in [9.17, 15) is 4.79 Å². The van der Waals surface area contributed by atoms with Gasteiger partial charge in [-0.15, -0.1) is 0 Å². The highest BCUT2D eigenvalue weighted by molar-refractivity contribution is 6.30. The Bertz CT molecular complexity index is 595. The molecule has 1 heterocycles. The minimum Gasteiger partial charge on any atom is -0.484 e. The molecule has 1 amide bonds. The molecule has 0 saturated heterocycles. The van der Waals surface area contributed by atoms with E-state index in [1.165, 1.54) is 0 Å². The Kier molecular flexibility index (Phi) is 5.22. The van der Waals surface area contributed by atoms with Crippen LogP contribution >= 0.6 is 11.6 Å². The van der Waals surface area contributed by atoms with Gasteiger partial charge in [0.05, 0.1) is 12.2 Å². The molecule has 0 radical (unpaired) electrons. The van der Waals surface area contributed by atoms with Crippen LogP contribution in [0, 0.1) is 0 Å². The topological polar surface area (TPSA) is 56.2 Å². The molecule has 1 aromatic carbocycles. The van der Waals surface area contributed by atoms with Crippen molar-refractivity contribution in [3.8, 4) is 5.75 Å². The number of aromatic nitrogens is 2. The van der Waals surface area contributed by atoms with Crippen molar-refractivity contribution in [1.29, 1.82) is 0 Å². The van der Waals surface area contributed by atoms with E-state index in [4.69, 9.17) is 16.3 Å². The van der Waals surface area contributed by atoms with Crippen LogP contribution in [0.15, 0.2) is 36.5 Å². The minimum atomic E-state index is -0.227. The summed E-state index contributed by atoms with van der Waals surface area (Å²) in [7, 11) is 0. The molecule has 0 bridgehead atoms. The lowest BCUT2D eigenvalue weighted by molar-refractivity contribution is -0.118. The van der Waals surface area contributed by atoms with Gasteiger partial charge >= 0.3 is 0 Å². The maximum Gasteiger partial charge on any atom is 0.263 e. The van der Waals surface area contributed by atoms with Crippen LogP contribution in [0.25, 0.3) is 0 Å². The molecule has 0 fully saturated rings. The Labute approximate surface area is 128 Å². The molecule has 1 N–H and O–H groups in total. The average Bonchev–Trinajstić information content (AvgIpc) is 2.94. The van der Waals surface area contributed by atoms with Crippen molar-refractivity contribution < 1.29 is 9.53 Å². The number of halogens is 1. The van der Waals surface area contributed by atoms with Crippen molar-refractivity contribution in [3.05, 3.63) is 41.6 Å². The molecule has 112 valence electrons. The van der Waals surface area contributed by atoms with Gasteiger partial charge in [0.25, 0.3) is 5.91 Å². The Morgan fingerprint density at radius 2 is 2.10 bits per heavy atom. The average molecular weight is 308 g/mol. The molecular formula is C15H18ClN3O2. The van der Waals surface area contributed by atoms with Gasteiger partial charge in [-0.3, -0.25) is 4.79 Å². The zero-order chi connectivity index (χ0) is 15.2. The van der Waals surface area contributed by atoms with Crippen molar-refractivity contribution >= 4 is 23.3 Å². The van der Waals surface area contributed by atoms with E-state index in [0.29, 0.717) is 16.6 Å². The highest BCUT2D eigenvalue weighted by Crippen LogP contribution is 2.17. The third-order valence-electron chi connectivity index (χ3n) is 3.13. The number of nitrogens with zero attached hydrogens (tertiary/aromatic N) is 2. The monoisotopic (exact) mass is 307 g/mol. The maximum atomic E-state index is 11.9. The summed E-state index contributed by atoms with van der Waals surface area (Å²) < 4.78 is 7.19. The van der Waals surface area contributed by atoms with Crippen LogP contribution in [-0.4, -0.2) is 22.3 Å². The van der Waals surface area contributed by atoms with Crippen LogP contribution < -0.4 is 10.1 Å². The number of ether oxygens (including phenoxy) is 1. The van der Waals surface area contributed by atoms with Crippen LogP contribution in [0.2, 0.25) is 5.02 Å². The first kappa shape index (κ1) is 15.4. The van der Waals surface area contributed by atoms with Crippen LogP contribution in [0.4, 0.5) is 5.82 Å². The Morgan fingerprint density at radius 3 is 2.76 bits per heavy atom. The summed E-state index contributed by atoms with van der Waals surface area (Å²) in [6.07, 6.45) is 2.60. The molecule has 0 aliphatic carbocycles. The van der Waals surface area contributed by atoms with Crippen molar-refractivity contribution in [2.75, 3.05) is 11.9 Å². The second kappa shape index (κ2) is 7.13. The Balaban J connectivity index is 1.90. The van der Waals surface area contributed by atoms with Crippen LogP contribution in [-0.2, 0) is 4.79 Å². The van der Waals surface area contributed by atoms with Gasteiger partial charge in [0.1, 0.15) is 11.6 Å². The van der Waals surface area contributed by atoms with E-state index in [2.05, 4.69) is 17.3 Å². The number of anilines is 1. The number of hydrogen-bond donors (Lipinski definition) is 1. The van der Waals surface area contributed by atoms with Gasteiger partial charge in [0, 0.05) is 11.1 Å². The molecule has 1 aromatic heterocycles. The van der Waals surface area contributed by atoms with Gasteiger partial charge in [-0.1, -0.05) is 18.5 Å². The lowest BCUT2D eigenvalue weighted by Crippen LogP contribution is -2.22. The molecule has 21 heavy (non-hydrogen) atoms. The number of carbonyl (C=O) groups excluding carboxylic acids is 1. The SMILES string of the molecule is CC[C@H](C)n1nccc1NC(=O)COc1ccc(Cl)cc1. The number of benzene rings is 1. The van der Waals surface area contributed by atoms with Crippen LogP contribution in [0.3, 0.4) is 0 Å². The summed E-state index contributed by atoms with van der Waals surface area (Å²) in [5, 5.41) is 7.64. The van der Waals surface area contributed by atoms with E-state index in [1.54, 1.807) is 41.2 Å². The van der Waals surface area contributed by atoms with Crippen molar-refractivity contribution in [2.24, 2.45) is 0 Å². The lowest BCUT2D eigenvalue weighted by atomic mass is 10.3. The third kappa shape index (κ3) is 4.23. The predicted octanol–water partition coefficient (Wildman–Crippen LogP) is 3.53. The number of amides is 1. The summed E-state index contributed by atoms with van der Waals surface area (Å²) in [5.41, 5.74) is 0. The second-order valence-electron chi connectivity index (χ2n) is 4.71. The van der Waals surface area contributed by atoms with E-state index < -0.39 is 0 Å². The van der Waals surface area contributed by atoms with Crippen LogP contribution in [0.1, 0.15) is 26.3 Å². The molecule has 2 aromatic rings. The fourth-order valence-electron chi connectivity index (χ4n) is 1.80. The quantitative estimate of drug-likeness (QED) is 0.888. The van der Waals surface area contributed by atoms with Crippen molar-refractivity contribution in [2.45, 2.75) is 26.3 Å². The third-order valence-corrected chi connectivity index (χ3v) is 3.38. The molecule has 0 spiro atoms. The van der Waals surface area contributed by atoms with Gasteiger partial charge in [-0.25, -0.2) is 4.68 Å². The Morgan fingerprint density at radius 1 is 1.38 bits per heavy atom. The van der Waals surface area contributed by atoms with E-state index >= 15 is 0 Å². The Hall–Kier alpha value is -2.01. The van der Waals surface area contributed by atoms with Crippen molar-refractivity contribution in [3.63, 3.8) is 0 Å². The van der Waals surface area contributed by atoms with Gasteiger partial charge in [-0.05, 0) is 37.6 Å². The molecule has 6 heteroatoms. The zero-order valence-electron chi connectivity index (χ0n) is 12.0. The molecule has 2 rings (SSSR count). The minimum absolute atomic E-state index is 0.0622. The molecule has 0 aliphatic heterocycles. The fraction of sp³-hybridized carbons (Fsp3) is 0.333. The summed E-state index contributed by atoms with van der Waals surface area (Å²) in [5.74, 6) is 1.05. The van der Waals surface area contributed by atoms with Gasteiger partial charge in [0.2, 0.25) is 0 Å². The normalized spacial score (nSPS) is 12.0. The lowest BCUT2D eigenvalue weighted by Gasteiger charge is -2.14. The zero-order valence-corrected chi connectivity index (χ0v) is 12.8. The summed E-state index contributed by atoms with van der Waals surface area (Å²) in [6, 6.07) is 8.87. The number of rotatable bonds is 6. The number of nitrogens with one attached hydrogen (secondary N) is 1. The maximum absolute atomic E-state index is 11.9. The molecule has 0 saturated carbocycles. The first-order valence-corrected chi connectivity index (χ1v) is 7.19. The number of carbonyl (C=O) groups is 1. The van der Waals surface area contributed by atoms with Crippen molar-refractivity contribution in [1.82, 2.24) is 9.78 Å². The first-order chi connectivity index (χ1) is 10.1. The second-order valence-corrected chi connectivity index (χ2v) is 5.15. The van der Waals surface area contributed by atoms with E-state index in [1.807, 2.05) is 6.92 Å². The number of hydrogen-bond acceptors (Lipinski definition) is 3. The molecular weight excluding hydrogens is 290 g/mol. The van der Waals surface area contributed by atoms with E-state index in [-0.39, 0.29) is 18.6 Å².